The monoisotopic (exact) mass is 243 g/mol. The molecule has 16 heavy (non-hydrogen) atoms. The Morgan fingerprint density at radius 3 is 2.75 bits per heavy atom. The van der Waals surface area contributed by atoms with Gasteiger partial charge in [0.15, 0.2) is 0 Å². The number of aryl methyl sites for hydroxylation is 1. The first-order valence-corrected chi connectivity index (χ1v) is 7.04. The van der Waals surface area contributed by atoms with Crippen LogP contribution in [0.4, 0.5) is 0 Å². The van der Waals surface area contributed by atoms with Crippen LogP contribution in [0.15, 0.2) is 18.5 Å². The minimum atomic E-state index is -2.97. The zero-order valence-electron chi connectivity index (χ0n) is 9.47. The number of nitrogens with zero attached hydrogens (tertiary/aromatic N) is 1. The summed E-state index contributed by atoms with van der Waals surface area (Å²) in [6, 6.07) is 1.70. The van der Waals surface area contributed by atoms with Crippen LogP contribution in [0.3, 0.4) is 0 Å². The maximum atomic E-state index is 11.1. The maximum absolute atomic E-state index is 11.1. The van der Waals surface area contributed by atoms with E-state index in [0.29, 0.717) is 6.42 Å². The predicted molar refractivity (Wildman–Crippen MR) is 63.4 cm³/mol. The van der Waals surface area contributed by atoms with E-state index in [1.807, 2.05) is 13.0 Å². The second-order valence-corrected chi connectivity index (χ2v) is 6.13. The highest BCUT2D eigenvalue weighted by molar-refractivity contribution is 7.90. The molecule has 1 unspecified atom stereocenters. The fourth-order valence-corrected chi connectivity index (χ4v) is 2.17. The van der Waals surface area contributed by atoms with Crippen molar-refractivity contribution in [1.29, 1.82) is 0 Å². The van der Waals surface area contributed by atoms with Crippen LogP contribution in [0.2, 0.25) is 0 Å². The first kappa shape index (κ1) is 13.1. The third-order valence-corrected chi connectivity index (χ3v) is 3.41. The highest BCUT2D eigenvalue weighted by Gasteiger charge is 2.14. The minimum Gasteiger partial charge on any atom is -0.271 e. The Bertz CT molecular complexity index is 445. The molecule has 1 atom stereocenters. The number of nitrogens with two attached hydrogens (primary N) is 1. The number of aromatic nitrogens is 1. The summed E-state index contributed by atoms with van der Waals surface area (Å²) < 4.78 is 22.2. The van der Waals surface area contributed by atoms with Crippen molar-refractivity contribution >= 4 is 9.84 Å². The summed E-state index contributed by atoms with van der Waals surface area (Å²) in [6.07, 6.45) is 5.07. The van der Waals surface area contributed by atoms with Gasteiger partial charge in [-0.15, -0.1) is 0 Å². The molecule has 0 aromatic carbocycles. The van der Waals surface area contributed by atoms with E-state index < -0.39 is 9.84 Å². The van der Waals surface area contributed by atoms with E-state index in [4.69, 9.17) is 5.84 Å². The van der Waals surface area contributed by atoms with Crippen molar-refractivity contribution < 1.29 is 8.42 Å². The fourth-order valence-electron chi connectivity index (χ4n) is 1.50. The van der Waals surface area contributed by atoms with Crippen LogP contribution >= 0.6 is 0 Å². The number of sulfone groups is 1. The van der Waals surface area contributed by atoms with Crippen LogP contribution in [0, 0.1) is 6.92 Å². The lowest BCUT2D eigenvalue weighted by atomic mass is 10.0. The van der Waals surface area contributed by atoms with Gasteiger partial charge in [0.2, 0.25) is 0 Å². The topological polar surface area (TPSA) is 85.1 Å². The lowest BCUT2D eigenvalue weighted by Crippen LogP contribution is -2.30. The Morgan fingerprint density at radius 2 is 2.25 bits per heavy atom. The Kier molecular flexibility index (Phi) is 4.40. The first-order valence-electron chi connectivity index (χ1n) is 4.98. The Labute approximate surface area is 96.0 Å². The van der Waals surface area contributed by atoms with Crippen LogP contribution in [0.5, 0.6) is 0 Å². The van der Waals surface area contributed by atoms with Gasteiger partial charge in [0.25, 0.3) is 0 Å². The summed E-state index contributed by atoms with van der Waals surface area (Å²) in [5, 5.41) is 0. The number of hydrogen-bond acceptors (Lipinski definition) is 5. The summed E-state index contributed by atoms with van der Waals surface area (Å²) in [6.45, 7) is 1.95. The molecule has 0 amide bonds. The van der Waals surface area contributed by atoms with E-state index in [1.165, 1.54) is 6.26 Å². The molecule has 6 heteroatoms. The molecule has 0 aliphatic rings. The van der Waals surface area contributed by atoms with Gasteiger partial charge in [-0.25, -0.2) is 8.42 Å². The second-order valence-electron chi connectivity index (χ2n) is 3.87. The van der Waals surface area contributed by atoms with E-state index in [-0.39, 0.29) is 11.8 Å². The molecule has 0 radical (unpaired) electrons. The van der Waals surface area contributed by atoms with E-state index in [9.17, 15) is 8.42 Å². The Balaban J connectivity index is 2.79. The number of hydrogen-bond donors (Lipinski definition) is 2. The molecule has 3 N–H and O–H groups in total. The van der Waals surface area contributed by atoms with Gasteiger partial charge in [0, 0.05) is 24.7 Å². The van der Waals surface area contributed by atoms with Gasteiger partial charge in [-0.2, -0.15) is 0 Å². The smallest absolute Gasteiger partial charge is 0.147 e. The van der Waals surface area contributed by atoms with E-state index in [1.54, 1.807) is 12.4 Å². The summed E-state index contributed by atoms with van der Waals surface area (Å²) >= 11 is 0. The maximum Gasteiger partial charge on any atom is 0.147 e. The molecule has 1 rings (SSSR count). The number of pyridine rings is 1. The van der Waals surface area contributed by atoms with Gasteiger partial charge >= 0.3 is 0 Å². The Hall–Kier alpha value is -0.980. The standard InChI is InChI=1S/C10H17N3O2S/c1-8-3-5-12-7-9(8)10(13-11)4-6-16(2,14)15/h3,5,7,10,13H,4,6,11H2,1-2H3. The minimum absolute atomic E-state index is 0.107. The summed E-state index contributed by atoms with van der Waals surface area (Å²) in [5.41, 5.74) is 4.61. The molecule has 1 aromatic heterocycles. The molecule has 0 saturated heterocycles. The van der Waals surface area contributed by atoms with Gasteiger partial charge in [0.1, 0.15) is 9.84 Å². The summed E-state index contributed by atoms with van der Waals surface area (Å²) in [7, 11) is -2.97. The van der Waals surface area contributed by atoms with Gasteiger partial charge in [0.05, 0.1) is 5.75 Å². The molecule has 1 heterocycles. The van der Waals surface area contributed by atoms with Crippen LogP contribution in [0.25, 0.3) is 0 Å². The molecule has 0 aliphatic heterocycles. The normalized spacial score (nSPS) is 13.7. The fraction of sp³-hybridized carbons (Fsp3) is 0.500. The summed E-state index contributed by atoms with van der Waals surface area (Å²) in [4.78, 5) is 4.01. The molecule has 90 valence electrons. The molecule has 0 aliphatic carbocycles. The average molecular weight is 243 g/mol. The molecular formula is C10H17N3O2S. The van der Waals surface area contributed by atoms with Crippen molar-refractivity contribution in [2.24, 2.45) is 5.84 Å². The second kappa shape index (κ2) is 5.38. The third-order valence-electron chi connectivity index (χ3n) is 2.43. The summed E-state index contributed by atoms with van der Waals surface area (Å²) in [5.74, 6) is 5.54. The number of rotatable bonds is 5. The highest BCUT2D eigenvalue weighted by atomic mass is 32.2. The quantitative estimate of drug-likeness (QED) is 0.575. The van der Waals surface area contributed by atoms with Crippen LogP contribution < -0.4 is 11.3 Å². The molecule has 0 bridgehead atoms. The van der Waals surface area contributed by atoms with Crippen molar-refractivity contribution in [3.05, 3.63) is 29.6 Å². The van der Waals surface area contributed by atoms with E-state index in [0.717, 1.165) is 11.1 Å². The molecule has 0 saturated carbocycles. The SMILES string of the molecule is Cc1ccncc1C(CCS(C)(=O)=O)NN. The molecule has 0 fully saturated rings. The van der Waals surface area contributed by atoms with Gasteiger partial charge in [-0.3, -0.25) is 16.3 Å². The van der Waals surface area contributed by atoms with Crippen molar-refractivity contribution in [1.82, 2.24) is 10.4 Å². The predicted octanol–water partition coefficient (Wildman–Crippen LogP) is 0.329. The molecular weight excluding hydrogens is 226 g/mol. The number of hydrazine groups is 1. The van der Waals surface area contributed by atoms with Crippen molar-refractivity contribution in [3.8, 4) is 0 Å². The van der Waals surface area contributed by atoms with Crippen LogP contribution in [-0.4, -0.2) is 25.4 Å². The van der Waals surface area contributed by atoms with Gasteiger partial charge in [-0.05, 0) is 30.5 Å². The van der Waals surface area contributed by atoms with Gasteiger partial charge < -0.3 is 0 Å². The molecule has 0 spiro atoms. The van der Waals surface area contributed by atoms with Crippen LogP contribution in [-0.2, 0) is 9.84 Å². The van der Waals surface area contributed by atoms with Crippen molar-refractivity contribution in [2.45, 2.75) is 19.4 Å². The lowest BCUT2D eigenvalue weighted by Gasteiger charge is -2.17. The highest BCUT2D eigenvalue weighted by Crippen LogP contribution is 2.19. The zero-order chi connectivity index (χ0) is 12.2. The third kappa shape index (κ3) is 3.88. The van der Waals surface area contributed by atoms with Gasteiger partial charge in [-0.1, -0.05) is 0 Å². The molecule has 5 nitrogen and oxygen atoms in total. The average Bonchev–Trinajstić information content (AvgIpc) is 2.20. The largest absolute Gasteiger partial charge is 0.271 e. The van der Waals surface area contributed by atoms with Crippen LogP contribution in [0.1, 0.15) is 23.6 Å². The Morgan fingerprint density at radius 1 is 1.56 bits per heavy atom. The number of nitrogens with one attached hydrogen (secondary N) is 1. The zero-order valence-corrected chi connectivity index (χ0v) is 10.3. The lowest BCUT2D eigenvalue weighted by molar-refractivity contribution is 0.527. The first-order chi connectivity index (χ1) is 7.44. The van der Waals surface area contributed by atoms with E-state index >= 15 is 0 Å². The van der Waals surface area contributed by atoms with E-state index in [2.05, 4.69) is 10.4 Å². The molecule has 1 aromatic rings. The van der Waals surface area contributed by atoms with Crippen molar-refractivity contribution in [2.75, 3.05) is 12.0 Å². The van der Waals surface area contributed by atoms with Crippen molar-refractivity contribution in [3.63, 3.8) is 0 Å².